The van der Waals surface area contributed by atoms with Crippen LogP contribution >= 0.6 is 0 Å². The van der Waals surface area contributed by atoms with Crippen molar-refractivity contribution < 1.29 is 42.1 Å². The molecule has 0 amide bonds. The predicted molar refractivity (Wildman–Crippen MR) is 22.0 cm³/mol. The molecule has 0 aliphatic heterocycles. The maximum atomic E-state index is 7.25. The summed E-state index contributed by atoms with van der Waals surface area (Å²) >= 11 is 0. The summed E-state index contributed by atoms with van der Waals surface area (Å²) in [6.07, 6.45) is 0. The first-order valence-electron chi connectivity index (χ1n) is 0.730. The zero-order chi connectivity index (χ0) is 8.00. The van der Waals surface area contributed by atoms with Crippen LogP contribution in [0.3, 0.4) is 0 Å². The van der Waals surface area contributed by atoms with Gasteiger partial charge in [0.2, 0.25) is 0 Å². The molecule has 0 fully saturated rings. The third-order valence-electron chi connectivity index (χ3n) is 0. The van der Waals surface area contributed by atoms with Crippen molar-refractivity contribution in [2.24, 2.45) is 0 Å². The molecule has 4 N–H and O–H groups in total. The maximum Gasteiger partial charge on any atom is 2.00 e. The van der Waals surface area contributed by atoms with Crippen molar-refractivity contribution in [1.29, 1.82) is 0 Å². The molecule has 0 radical (unpaired) electrons. The molecule has 10 heavy (non-hydrogen) atoms. The van der Waals surface area contributed by atoms with Crippen molar-refractivity contribution in [3.63, 3.8) is 0 Å². The fraction of sp³-hybridized carbons (Fsp3) is 0. The SMILES string of the molecule is [Ca+2].[Ca+2].[O-]O.[O-]O.[O-]O.[O-]O. The van der Waals surface area contributed by atoms with Crippen LogP contribution < -0.4 is 21.0 Å². The molecular weight excluding hydrogens is 208 g/mol. The van der Waals surface area contributed by atoms with Gasteiger partial charge < -0.3 is 42.1 Å². The Bertz CT molecular complexity index is 7.22. The topological polar surface area (TPSA) is 173 Å². The van der Waals surface area contributed by atoms with Gasteiger partial charge in [-0.3, -0.25) is 0 Å². The van der Waals surface area contributed by atoms with Crippen LogP contribution in [0.5, 0.6) is 0 Å². The summed E-state index contributed by atoms with van der Waals surface area (Å²) in [5, 5.41) is 52.0. The number of rotatable bonds is 0. The normalized spacial score (nSPS) is 2.40. The molecule has 0 saturated carbocycles. The van der Waals surface area contributed by atoms with E-state index < -0.39 is 0 Å². The van der Waals surface area contributed by atoms with Crippen molar-refractivity contribution in [2.75, 3.05) is 0 Å². The van der Waals surface area contributed by atoms with Crippen LogP contribution in [0.25, 0.3) is 0 Å². The summed E-state index contributed by atoms with van der Waals surface area (Å²) in [6.45, 7) is 0. The second-order valence-electron chi connectivity index (χ2n) is 0. The first kappa shape index (κ1) is 39.8. The smallest absolute Gasteiger partial charge is 0.727 e. The first-order valence-corrected chi connectivity index (χ1v) is 0.730. The Morgan fingerprint density at radius 1 is 0.400 bits per heavy atom. The zero-order valence-electron chi connectivity index (χ0n) is 4.84. The molecule has 8 nitrogen and oxygen atoms in total. The number of hydrogen-bond donors (Lipinski definition) is 4. The Balaban J connectivity index is -0.00000000500. The second kappa shape index (κ2) is 241. The molecule has 0 heterocycles. The van der Waals surface area contributed by atoms with Crippen LogP contribution in [-0.4, -0.2) is 96.5 Å². The minimum atomic E-state index is 0. The van der Waals surface area contributed by atoms with E-state index in [2.05, 4.69) is 0 Å². The molecule has 0 unspecified atom stereocenters. The van der Waals surface area contributed by atoms with E-state index >= 15 is 0 Å². The molecule has 0 atom stereocenters. The Labute approximate surface area is 116 Å². The van der Waals surface area contributed by atoms with Gasteiger partial charge in [-0.1, -0.05) is 0 Å². The van der Waals surface area contributed by atoms with Gasteiger partial charge in [0, 0.05) is 0 Å². The molecule has 56 valence electrons. The Morgan fingerprint density at radius 2 is 0.400 bits per heavy atom. The Kier molecular flexibility index (Phi) is 959. The Hall–Kier alpha value is 2.20. The fourth-order valence-electron chi connectivity index (χ4n) is 0. The van der Waals surface area contributed by atoms with E-state index in [4.69, 9.17) is 42.1 Å². The van der Waals surface area contributed by atoms with E-state index in [0.717, 1.165) is 0 Å². The average molecular weight is 212 g/mol. The average Bonchev–Trinajstić information content (AvgIpc) is 2.03. The minimum absolute atomic E-state index is 0. The van der Waals surface area contributed by atoms with Gasteiger partial charge in [-0.25, -0.2) is 0 Å². The molecule has 0 aromatic rings. The van der Waals surface area contributed by atoms with Crippen molar-refractivity contribution in [1.82, 2.24) is 0 Å². The standard InChI is InChI=1S/2Ca.4H2O2/c;;4*1-2/h;;4*1-2H/q2*+2;;;;/p-4. The van der Waals surface area contributed by atoms with E-state index in [1.165, 1.54) is 0 Å². The third kappa shape index (κ3) is 178. The minimum Gasteiger partial charge on any atom is -0.727 e. The molecule has 0 bridgehead atoms. The maximum absolute atomic E-state index is 7.25. The molecule has 0 aromatic heterocycles. The summed E-state index contributed by atoms with van der Waals surface area (Å²) in [6, 6.07) is 0. The Morgan fingerprint density at radius 3 is 0.400 bits per heavy atom. The van der Waals surface area contributed by atoms with Gasteiger partial charge in [0.25, 0.3) is 0 Å². The van der Waals surface area contributed by atoms with E-state index in [0.29, 0.717) is 0 Å². The van der Waals surface area contributed by atoms with Crippen molar-refractivity contribution in [3.8, 4) is 0 Å². The van der Waals surface area contributed by atoms with Gasteiger partial charge in [0.15, 0.2) is 0 Å². The van der Waals surface area contributed by atoms with Crippen LogP contribution in [-0.2, 0) is 0 Å². The predicted octanol–water partition coefficient (Wildman–Crippen LogP) is -5.48. The van der Waals surface area contributed by atoms with Crippen LogP contribution in [0.4, 0.5) is 0 Å². The van der Waals surface area contributed by atoms with Crippen LogP contribution in [0.2, 0.25) is 0 Å². The van der Waals surface area contributed by atoms with Crippen molar-refractivity contribution in [3.05, 3.63) is 0 Å². The van der Waals surface area contributed by atoms with Gasteiger partial charge >= 0.3 is 75.5 Å². The van der Waals surface area contributed by atoms with Gasteiger partial charge in [-0.05, 0) is 0 Å². The van der Waals surface area contributed by atoms with E-state index in [1.54, 1.807) is 0 Å². The van der Waals surface area contributed by atoms with Gasteiger partial charge in [-0.15, -0.1) is 0 Å². The molecule has 0 spiro atoms. The van der Waals surface area contributed by atoms with Crippen molar-refractivity contribution >= 4 is 75.5 Å². The molecular formula is H4Ca2O8. The van der Waals surface area contributed by atoms with Crippen molar-refractivity contribution in [2.45, 2.75) is 0 Å². The van der Waals surface area contributed by atoms with Gasteiger partial charge in [0.1, 0.15) is 0 Å². The van der Waals surface area contributed by atoms with Crippen LogP contribution in [0.15, 0.2) is 0 Å². The molecule has 10 heteroatoms. The largest absolute Gasteiger partial charge is 2.00 e. The summed E-state index contributed by atoms with van der Waals surface area (Å²) in [4.78, 5) is 0. The summed E-state index contributed by atoms with van der Waals surface area (Å²) < 4.78 is 0. The summed E-state index contributed by atoms with van der Waals surface area (Å²) in [5.74, 6) is 0. The fourth-order valence-corrected chi connectivity index (χ4v) is 0. The molecule has 0 saturated heterocycles. The van der Waals surface area contributed by atoms with Crippen LogP contribution in [0.1, 0.15) is 0 Å². The molecule has 0 aromatic carbocycles. The zero-order valence-corrected chi connectivity index (χ0v) is 9.25. The van der Waals surface area contributed by atoms with E-state index in [-0.39, 0.29) is 75.5 Å². The summed E-state index contributed by atoms with van der Waals surface area (Å²) in [7, 11) is 0. The quantitative estimate of drug-likeness (QED) is 0.175. The van der Waals surface area contributed by atoms with Crippen LogP contribution in [0, 0.1) is 0 Å². The molecule has 0 rings (SSSR count). The molecule has 0 aliphatic rings. The third-order valence-corrected chi connectivity index (χ3v) is 0. The number of hydrogen-bond acceptors (Lipinski definition) is 8. The first-order chi connectivity index (χ1) is 4.00. The van der Waals surface area contributed by atoms with E-state index in [9.17, 15) is 0 Å². The molecule has 0 aliphatic carbocycles. The monoisotopic (exact) mass is 212 g/mol. The van der Waals surface area contributed by atoms with E-state index in [1.807, 2.05) is 0 Å². The second-order valence-corrected chi connectivity index (χ2v) is 0. The summed E-state index contributed by atoms with van der Waals surface area (Å²) in [5.41, 5.74) is 0. The van der Waals surface area contributed by atoms with Gasteiger partial charge in [0.05, 0.1) is 0 Å². The van der Waals surface area contributed by atoms with Gasteiger partial charge in [-0.2, -0.15) is 0 Å².